The Morgan fingerprint density at radius 3 is 2.69 bits per heavy atom. The molecule has 144 valence electrons. The molecule has 2 N–H and O–H groups in total. The third kappa shape index (κ3) is 6.41. The lowest BCUT2D eigenvalue weighted by atomic mass is 9.92. The van der Waals surface area contributed by atoms with Gasteiger partial charge in [-0.1, -0.05) is 25.4 Å². The number of hydrogen-bond acceptors (Lipinski definition) is 4. The monoisotopic (exact) mass is 397 g/mol. The first kappa shape index (κ1) is 20.9. The van der Waals surface area contributed by atoms with Crippen LogP contribution in [0.1, 0.15) is 37.0 Å². The SMILES string of the molecule is COC(=O)c1cc(NC(=S)NCCCN2C[C@H](C)C[C@H](C)C2)ccc1Cl. The Hall–Kier alpha value is -1.37. The first-order valence-corrected chi connectivity index (χ1v) is 9.82. The molecule has 1 heterocycles. The molecule has 2 atom stereocenters. The summed E-state index contributed by atoms with van der Waals surface area (Å²) in [5.74, 6) is 1.09. The van der Waals surface area contributed by atoms with Gasteiger partial charge in [0.25, 0.3) is 0 Å². The molecule has 0 bridgehead atoms. The van der Waals surface area contributed by atoms with Crippen LogP contribution in [0.4, 0.5) is 5.69 Å². The number of rotatable bonds is 6. The third-order valence-corrected chi connectivity index (χ3v) is 5.09. The molecule has 1 saturated heterocycles. The Labute approximate surface area is 166 Å². The lowest BCUT2D eigenvalue weighted by molar-refractivity contribution is 0.0601. The maximum Gasteiger partial charge on any atom is 0.339 e. The summed E-state index contributed by atoms with van der Waals surface area (Å²) in [5.41, 5.74) is 1.02. The van der Waals surface area contributed by atoms with E-state index >= 15 is 0 Å². The number of ether oxygens (including phenoxy) is 1. The van der Waals surface area contributed by atoms with Gasteiger partial charge < -0.3 is 20.3 Å². The average Bonchev–Trinajstić information content (AvgIpc) is 2.59. The summed E-state index contributed by atoms with van der Waals surface area (Å²) in [7, 11) is 1.33. The first-order valence-electron chi connectivity index (χ1n) is 9.04. The molecule has 0 aromatic heterocycles. The summed E-state index contributed by atoms with van der Waals surface area (Å²) in [6.07, 6.45) is 2.37. The number of hydrogen-bond donors (Lipinski definition) is 2. The summed E-state index contributed by atoms with van der Waals surface area (Å²) in [6, 6.07) is 5.06. The molecule has 1 aliphatic rings. The Balaban J connectivity index is 1.74. The number of anilines is 1. The van der Waals surface area contributed by atoms with Gasteiger partial charge in [0.15, 0.2) is 5.11 Å². The minimum atomic E-state index is -0.470. The Morgan fingerprint density at radius 1 is 1.35 bits per heavy atom. The van der Waals surface area contributed by atoms with Crippen molar-refractivity contribution in [2.45, 2.75) is 26.7 Å². The molecule has 0 spiro atoms. The minimum absolute atomic E-state index is 0.315. The van der Waals surface area contributed by atoms with Crippen molar-refractivity contribution in [1.29, 1.82) is 0 Å². The third-order valence-electron chi connectivity index (χ3n) is 4.51. The second kappa shape index (κ2) is 10.1. The molecular formula is C19H28ClN3O2S. The lowest BCUT2D eigenvalue weighted by Gasteiger charge is -2.35. The number of nitrogens with one attached hydrogen (secondary N) is 2. The number of halogens is 1. The molecule has 26 heavy (non-hydrogen) atoms. The number of piperidine rings is 1. The smallest absolute Gasteiger partial charge is 0.339 e. The molecule has 1 aliphatic heterocycles. The fourth-order valence-corrected chi connectivity index (χ4v) is 3.94. The normalized spacial score (nSPS) is 20.5. The molecular weight excluding hydrogens is 370 g/mol. The van der Waals surface area contributed by atoms with Crippen LogP contribution in [0.15, 0.2) is 18.2 Å². The van der Waals surface area contributed by atoms with E-state index in [0.717, 1.165) is 31.3 Å². The van der Waals surface area contributed by atoms with Crippen LogP contribution in [-0.2, 0) is 4.74 Å². The van der Waals surface area contributed by atoms with Crippen molar-refractivity contribution in [2.75, 3.05) is 38.6 Å². The van der Waals surface area contributed by atoms with Crippen LogP contribution in [0.3, 0.4) is 0 Å². The van der Waals surface area contributed by atoms with Gasteiger partial charge in [-0.2, -0.15) is 0 Å². The molecule has 0 amide bonds. The predicted molar refractivity (Wildman–Crippen MR) is 111 cm³/mol. The van der Waals surface area contributed by atoms with E-state index in [1.54, 1.807) is 18.2 Å². The number of carbonyl (C=O) groups is 1. The van der Waals surface area contributed by atoms with E-state index in [2.05, 4.69) is 29.4 Å². The van der Waals surface area contributed by atoms with Crippen LogP contribution >= 0.6 is 23.8 Å². The highest BCUT2D eigenvalue weighted by Crippen LogP contribution is 2.22. The summed E-state index contributed by atoms with van der Waals surface area (Å²) in [4.78, 5) is 14.2. The molecule has 7 heteroatoms. The molecule has 0 radical (unpaired) electrons. The van der Waals surface area contributed by atoms with Gasteiger partial charge in [-0.05, 0) is 61.6 Å². The van der Waals surface area contributed by atoms with E-state index in [4.69, 9.17) is 28.6 Å². The second-order valence-electron chi connectivity index (χ2n) is 7.13. The van der Waals surface area contributed by atoms with Crippen LogP contribution in [0.2, 0.25) is 5.02 Å². The summed E-state index contributed by atoms with van der Waals surface area (Å²) >= 11 is 11.3. The zero-order valence-electron chi connectivity index (χ0n) is 15.7. The lowest BCUT2D eigenvalue weighted by Crippen LogP contribution is -2.40. The highest BCUT2D eigenvalue weighted by atomic mass is 35.5. The largest absolute Gasteiger partial charge is 0.465 e. The molecule has 2 rings (SSSR count). The number of benzene rings is 1. The number of methoxy groups -OCH3 is 1. The quantitative estimate of drug-likeness (QED) is 0.433. The van der Waals surface area contributed by atoms with Crippen LogP contribution in [-0.4, -0.2) is 49.3 Å². The number of esters is 1. The van der Waals surface area contributed by atoms with Gasteiger partial charge >= 0.3 is 5.97 Å². The van der Waals surface area contributed by atoms with E-state index in [1.807, 2.05) is 0 Å². The number of carbonyl (C=O) groups excluding carboxylic acids is 1. The molecule has 0 saturated carbocycles. The number of nitrogens with zero attached hydrogens (tertiary/aromatic N) is 1. The maximum absolute atomic E-state index is 11.7. The van der Waals surface area contributed by atoms with E-state index < -0.39 is 5.97 Å². The van der Waals surface area contributed by atoms with E-state index in [0.29, 0.717) is 21.4 Å². The van der Waals surface area contributed by atoms with Crippen molar-refractivity contribution in [3.63, 3.8) is 0 Å². The van der Waals surface area contributed by atoms with Crippen LogP contribution < -0.4 is 10.6 Å². The zero-order chi connectivity index (χ0) is 19.1. The molecule has 1 fully saturated rings. The van der Waals surface area contributed by atoms with Crippen molar-refractivity contribution in [1.82, 2.24) is 10.2 Å². The molecule has 1 aromatic carbocycles. The van der Waals surface area contributed by atoms with Crippen molar-refractivity contribution in [3.05, 3.63) is 28.8 Å². The average molecular weight is 398 g/mol. The highest BCUT2D eigenvalue weighted by Gasteiger charge is 2.21. The van der Waals surface area contributed by atoms with Crippen LogP contribution in [0.25, 0.3) is 0 Å². The number of thiocarbonyl (C=S) groups is 1. The van der Waals surface area contributed by atoms with Crippen molar-refractivity contribution < 1.29 is 9.53 Å². The fourth-order valence-electron chi connectivity index (χ4n) is 3.52. The molecule has 1 aromatic rings. The summed E-state index contributed by atoms with van der Waals surface area (Å²) < 4.78 is 4.72. The highest BCUT2D eigenvalue weighted by molar-refractivity contribution is 7.80. The molecule has 5 nitrogen and oxygen atoms in total. The Bertz CT molecular complexity index is 631. The van der Waals surface area contributed by atoms with Crippen molar-refractivity contribution in [3.8, 4) is 0 Å². The van der Waals surface area contributed by atoms with Crippen molar-refractivity contribution in [2.24, 2.45) is 11.8 Å². The van der Waals surface area contributed by atoms with Gasteiger partial charge in [-0.15, -0.1) is 0 Å². The van der Waals surface area contributed by atoms with Gasteiger partial charge in [0.2, 0.25) is 0 Å². The number of likely N-dealkylation sites (tertiary alicyclic amines) is 1. The van der Waals surface area contributed by atoms with Gasteiger partial charge in [-0.3, -0.25) is 0 Å². The van der Waals surface area contributed by atoms with Crippen LogP contribution in [0, 0.1) is 11.8 Å². The van der Waals surface area contributed by atoms with E-state index in [9.17, 15) is 4.79 Å². The van der Waals surface area contributed by atoms with E-state index in [-0.39, 0.29) is 0 Å². The zero-order valence-corrected chi connectivity index (χ0v) is 17.3. The van der Waals surface area contributed by atoms with Gasteiger partial charge in [0, 0.05) is 25.3 Å². The molecule has 0 aliphatic carbocycles. The standard InChI is InChI=1S/C19H28ClN3O2S/c1-13-9-14(2)12-23(11-13)8-4-7-21-19(26)22-15-5-6-17(20)16(10-15)18(24)25-3/h5-6,10,13-14H,4,7-9,11-12H2,1-3H3,(H2,21,22,26)/t13-,14+. The van der Waals surface area contributed by atoms with Gasteiger partial charge in [0.05, 0.1) is 17.7 Å². The van der Waals surface area contributed by atoms with Gasteiger partial charge in [-0.25, -0.2) is 4.79 Å². The summed E-state index contributed by atoms with van der Waals surface area (Å²) in [5, 5.41) is 7.18. The summed E-state index contributed by atoms with van der Waals surface area (Å²) in [6.45, 7) is 8.92. The predicted octanol–water partition coefficient (Wildman–Crippen LogP) is 3.78. The Morgan fingerprint density at radius 2 is 2.04 bits per heavy atom. The van der Waals surface area contributed by atoms with Gasteiger partial charge in [0.1, 0.15) is 0 Å². The van der Waals surface area contributed by atoms with Crippen LogP contribution in [0.5, 0.6) is 0 Å². The Kier molecular flexibility index (Phi) is 8.13. The van der Waals surface area contributed by atoms with E-state index in [1.165, 1.54) is 26.6 Å². The maximum atomic E-state index is 11.7. The second-order valence-corrected chi connectivity index (χ2v) is 7.94. The first-order chi connectivity index (χ1) is 12.4. The molecule has 0 unspecified atom stereocenters. The fraction of sp³-hybridized carbons (Fsp3) is 0.579. The van der Waals surface area contributed by atoms with Crippen molar-refractivity contribution >= 4 is 40.6 Å². The minimum Gasteiger partial charge on any atom is -0.465 e. The topological polar surface area (TPSA) is 53.6 Å².